The quantitative estimate of drug-likeness (QED) is 0.216. The molecule has 194 valence electrons. The summed E-state index contributed by atoms with van der Waals surface area (Å²) < 4.78 is 16.4. The number of hydrogen-bond acceptors (Lipinski definition) is 6. The number of amides is 2. The van der Waals surface area contributed by atoms with Crippen LogP contribution in [0.2, 0.25) is 5.02 Å². The molecule has 4 aromatic rings. The van der Waals surface area contributed by atoms with E-state index < -0.39 is 5.91 Å². The van der Waals surface area contributed by atoms with Crippen molar-refractivity contribution in [2.24, 2.45) is 5.10 Å². The number of hydrogen-bond donors (Lipinski definition) is 2. The Kier molecular flexibility index (Phi) is 8.45. The third-order valence-corrected chi connectivity index (χ3v) is 5.91. The van der Waals surface area contributed by atoms with Crippen LogP contribution in [-0.4, -0.2) is 38.9 Å². The maximum Gasteiger partial charge on any atom is 0.275 e. The summed E-state index contributed by atoms with van der Waals surface area (Å²) in [5.74, 6) is 0.194. The molecule has 4 rings (SSSR count). The average Bonchev–Trinajstić information content (AvgIpc) is 2.92. The molecule has 38 heavy (non-hydrogen) atoms. The predicted molar refractivity (Wildman–Crippen MR) is 149 cm³/mol. The highest BCUT2D eigenvalue weighted by Gasteiger charge is 2.15. The van der Waals surface area contributed by atoms with Crippen LogP contribution in [0.1, 0.15) is 21.5 Å². The monoisotopic (exact) mass is 531 g/mol. The number of aryl methyl sites for hydroxylation is 1. The van der Waals surface area contributed by atoms with Gasteiger partial charge in [-0.1, -0.05) is 53.6 Å². The molecule has 0 atom stereocenters. The van der Waals surface area contributed by atoms with E-state index in [9.17, 15) is 9.59 Å². The number of nitrogens with one attached hydrogen (secondary N) is 2. The van der Waals surface area contributed by atoms with Crippen molar-refractivity contribution in [3.63, 3.8) is 0 Å². The van der Waals surface area contributed by atoms with E-state index in [4.69, 9.17) is 25.8 Å². The summed E-state index contributed by atoms with van der Waals surface area (Å²) in [5.41, 5.74) is 5.17. The van der Waals surface area contributed by atoms with Gasteiger partial charge in [0.25, 0.3) is 11.8 Å². The zero-order chi connectivity index (χ0) is 27.1. The lowest BCUT2D eigenvalue weighted by Crippen LogP contribution is -2.20. The Morgan fingerprint density at radius 1 is 0.921 bits per heavy atom. The van der Waals surface area contributed by atoms with E-state index in [-0.39, 0.29) is 23.3 Å². The lowest BCUT2D eigenvalue weighted by molar-refractivity contribution is -0.118. The number of benzene rings is 4. The van der Waals surface area contributed by atoms with Crippen LogP contribution in [0, 0.1) is 6.92 Å². The van der Waals surface area contributed by atoms with Crippen LogP contribution >= 0.6 is 11.6 Å². The highest BCUT2D eigenvalue weighted by atomic mass is 35.5. The molecule has 0 spiro atoms. The topological polar surface area (TPSA) is 98.3 Å². The van der Waals surface area contributed by atoms with Gasteiger partial charge >= 0.3 is 0 Å². The van der Waals surface area contributed by atoms with Gasteiger partial charge in [0, 0.05) is 5.69 Å². The molecule has 0 bridgehead atoms. The number of methoxy groups -OCH3 is 2. The summed E-state index contributed by atoms with van der Waals surface area (Å²) >= 11 is 6.40. The number of ether oxygens (including phenoxy) is 3. The molecule has 2 amide bonds. The van der Waals surface area contributed by atoms with Crippen LogP contribution in [0.15, 0.2) is 77.9 Å². The molecule has 0 aromatic heterocycles. The fourth-order valence-corrected chi connectivity index (χ4v) is 3.99. The van der Waals surface area contributed by atoms with Crippen LogP contribution in [0.25, 0.3) is 10.8 Å². The first-order valence-corrected chi connectivity index (χ1v) is 12.0. The van der Waals surface area contributed by atoms with Crippen molar-refractivity contribution in [3.8, 4) is 17.2 Å². The van der Waals surface area contributed by atoms with Crippen LogP contribution < -0.4 is 25.0 Å². The Balaban J connectivity index is 1.42. The number of nitrogens with zero attached hydrogens (tertiary/aromatic N) is 1. The first kappa shape index (κ1) is 26.5. The van der Waals surface area contributed by atoms with Crippen LogP contribution in [0.3, 0.4) is 0 Å². The van der Waals surface area contributed by atoms with Crippen LogP contribution in [-0.2, 0) is 4.79 Å². The van der Waals surface area contributed by atoms with Gasteiger partial charge < -0.3 is 19.5 Å². The van der Waals surface area contributed by atoms with Gasteiger partial charge in [-0.3, -0.25) is 9.59 Å². The molecule has 0 saturated carbocycles. The molecule has 0 saturated heterocycles. The molecular formula is C29H26ClN3O5. The van der Waals surface area contributed by atoms with E-state index in [0.717, 1.165) is 16.3 Å². The van der Waals surface area contributed by atoms with Gasteiger partial charge in [0.15, 0.2) is 18.1 Å². The number of halogens is 1. The zero-order valence-corrected chi connectivity index (χ0v) is 21.8. The summed E-state index contributed by atoms with van der Waals surface area (Å²) in [7, 11) is 2.97. The van der Waals surface area contributed by atoms with Crippen LogP contribution in [0.5, 0.6) is 17.2 Å². The standard InChI is InChI=1S/C29H26ClN3O5/c1-18-8-10-22(11-9-18)32-27(34)17-38-28-24(30)12-19(13-26(28)37-3)16-31-33-29(35)23-14-20-6-4-5-7-21(20)15-25(23)36-2/h4-16H,17H2,1-3H3,(H,32,34)(H,33,35)/b31-16-. The van der Waals surface area contributed by atoms with E-state index in [2.05, 4.69) is 15.8 Å². The number of carbonyl (C=O) groups excluding carboxylic acids is 2. The molecular weight excluding hydrogens is 506 g/mol. The van der Waals surface area contributed by atoms with Gasteiger partial charge in [0.05, 0.1) is 31.0 Å². The van der Waals surface area contributed by atoms with E-state index in [1.807, 2.05) is 55.5 Å². The molecule has 0 unspecified atom stereocenters. The second kappa shape index (κ2) is 12.1. The predicted octanol–water partition coefficient (Wildman–Crippen LogP) is 5.60. The number of anilines is 1. The molecule has 0 heterocycles. The SMILES string of the molecule is COc1cc2ccccc2cc1C(=O)N/N=C\c1cc(Cl)c(OCC(=O)Nc2ccc(C)cc2)c(OC)c1. The van der Waals surface area contributed by atoms with Crippen molar-refractivity contribution in [2.75, 3.05) is 26.1 Å². The molecule has 4 aromatic carbocycles. The molecule has 2 N–H and O–H groups in total. The molecule has 8 nitrogen and oxygen atoms in total. The van der Waals surface area contributed by atoms with E-state index in [1.54, 1.807) is 24.3 Å². The van der Waals surface area contributed by atoms with Crippen molar-refractivity contribution in [2.45, 2.75) is 6.92 Å². The number of carbonyl (C=O) groups is 2. The molecule has 0 radical (unpaired) electrons. The van der Waals surface area contributed by atoms with Gasteiger partial charge in [-0.2, -0.15) is 5.10 Å². The van der Waals surface area contributed by atoms with Crippen molar-refractivity contribution >= 4 is 46.1 Å². The maximum atomic E-state index is 12.8. The Hall–Kier alpha value is -4.56. The van der Waals surface area contributed by atoms with Crippen molar-refractivity contribution in [1.29, 1.82) is 0 Å². The molecule has 0 fully saturated rings. The second-order valence-corrected chi connectivity index (χ2v) is 8.74. The third-order valence-electron chi connectivity index (χ3n) is 5.63. The summed E-state index contributed by atoms with van der Waals surface area (Å²) in [4.78, 5) is 25.1. The molecule has 0 aliphatic rings. The van der Waals surface area contributed by atoms with Gasteiger partial charge in [-0.15, -0.1) is 0 Å². The average molecular weight is 532 g/mol. The van der Waals surface area contributed by atoms with E-state index >= 15 is 0 Å². The lowest BCUT2D eigenvalue weighted by atomic mass is 10.1. The summed E-state index contributed by atoms with van der Waals surface area (Å²) in [6, 6.07) is 21.9. The first-order valence-electron chi connectivity index (χ1n) is 11.6. The fraction of sp³-hybridized carbons (Fsp3) is 0.138. The molecule has 9 heteroatoms. The summed E-state index contributed by atoms with van der Waals surface area (Å²) in [6.45, 7) is 1.70. The minimum atomic E-state index is -0.429. The first-order chi connectivity index (χ1) is 18.4. The van der Waals surface area contributed by atoms with Gasteiger partial charge in [-0.25, -0.2) is 5.43 Å². The normalized spacial score (nSPS) is 10.8. The van der Waals surface area contributed by atoms with Gasteiger partial charge in [0.2, 0.25) is 0 Å². The number of hydrazone groups is 1. The second-order valence-electron chi connectivity index (χ2n) is 8.34. The summed E-state index contributed by atoms with van der Waals surface area (Å²) in [6.07, 6.45) is 1.42. The fourth-order valence-electron chi connectivity index (χ4n) is 3.72. The Bertz CT molecular complexity index is 1500. The van der Waals surface area contributed by atoms with Crippen molar-refractivity contribution in [3.05, 3.63) is 94.5 Å². The minimum absolute atomic E-state index is 0.218. The number of fused-ring (bicyclic) bond motifs is 1. The lowest BCUT2D eigenvalue weighted by Gasteiger charge is -2.13. The summed E-state index contributed by atoms with van der Waals surface area (Å²) in [5, 5.41) is 8.89. The highest BCUT2D eigenvalue weighted by molar-refractivity contribution is 6.32. The molecule has 0 aliphatic heterocycles. The number of rotatable bonds is 9. The highest BCUT2D eigenvalue weighted by Crippen LogP contribution is 2.36. The zero-order valence-electron chi connectivity index (χ0n) is 21.1. The minimum Gasteiger partial charge on any atom is -0.496 e. The Morgan fingerprint density at radius 2 is 1.61 bits per heavy atom. The Labute approximate surface area is 225 Å². The van der Waals surface area contributed by atoms with Crippen molar-refractivity contribution < 1.29 is 23.8 Å². The van der Waals surface area contributed by atoms with Crippen molar-refractivity contribution in [1.82, 2.24) is 5.43 Å². The Morgan fingerprint density at radius 3 is 2.29 bits per heavy atom. The molecule has 0 aliphatic carbocycles. The smallest absolute Gasteiger partial charge is 0.275 e. The maximum absolute atomic E-state index is 12.8. The van der Waals surface area contributed by atoms with E-state index in [0.29, 0.717) is 28.3 Å². The van der Waals surface area contributed by atoms with Crippen LogP contribution in [0.4, 0.5) is 5.69 Å². The third kappa shape index (κ3) is 6.41. The largest absolute Gasteiger partial charge is 0.496 e. The van der Waals surface area contributed by atoms with Gasteiger partial charge in [0.1, 0.15) is 5.75 Å². The van der Waals surface area contributed by atoms with Gasteiger partial charge in [-0.05, 0) is 59.7 Å². The van der Waals surface area contributed by atoms with E-state index in [1.165, 1.54) is 20.4 Å².